The number of anilines is 1. The molecule has 2 rings (SSSR count). The number of nitro benzene ring substituents is 1. The van der Waals surface area contributed by atoms with E-state index in [0.29, 0.717) is 16.7 Å². The van der Waals surface area contributed by atoms with Crippen LogP contribution in [0.1, 0.15) is 13.3 Å². The molecule has 1 atom stereocenters. The highest BCUT2D eigenvalue weighted by Gasteiger charge is 2.37. The van der Waals surface area contributed by atoms with Gasteiger partial charge in [-0.05, 0) is 28.9 Å². The second-order valence-electron chi connectivity index (χ2n) is 4.30. The number of hydrogen-bond donors (Lipinski definition) is 1. The predicted molar refractivity (Wildman–Crippen MR) is 75.2 cm³/mol. The number of rotatable bonds is 4. The minimum Gasteiger partial charge on any atom is -0.372 e. The minimum atomic E-state index is -0.625. The number of non-ortho nitro benzene ring substituents is 1. The fraction of sp³-hybridized carbons (Fsp3) is 0.333. The first-order valence-electron chi connectivity index (χ1n) is 5.98. The number of carbonyl (C=O) groups is 2. The molecule has 1 N–H and O–H groups in total. The Balaban J connectivity index is 2.17. The zero-order valence-electron chi connectivity index (χ0n) is 10.6. The molecule has 1 unspecified atom stereocenters. The van der Waals surface area contributed by atoms with E-state index in [1.165, 1.54) is 23.1 Å². The van der Waals surface area contributed by atoms with Gasteiger partial charge >= 0.3 is 0 Å². The first-order valence-corrected chi connectivity index (χ1v) is 6.78. The van der Waals surface area contributed by atoms with Crippen molar-refractivity contribution in [3.8, 4) is 0 Å². The van der Waals surface area contributed by atoms with Gasteiger partial charge in [-0.2, -0.15) is 0 Å². The summed E-state index contributed by atoms with van der Waals surface area (Å²) in [6.45, 7) is 2.08. The zero-order valence-corrected chi connectivity index (χ0v) is 12.2. The van der Waals surface area contributed by atoms with Crippen LogP contribution in [0.2, 0.25) is 0 Å². The fourth-order valence-electron chi connectivity index (χ4n) is 2.05. The summed E-state index contributed by atoms with van der Waals surface area (Å²) in [7, 11) is 0. The minimum absolute atomic E-state index is 0.0496. The molecule has 8 heteroatoms. The summed E-state index contributed by atoms with van der Waals surface area (Å²) in [6, 6.07) is 3.57. The molecule has 2 amide bonds. The molecule has 1 aliphatic heterocycles. The van der Waals surface area contributed by atoms with Crippen molar-refractivity contribution < 1.29 is 14.5 Å². The van der Waals surface area contributed by atoms with E-state index in [1.807, 2.05) is 0 Å². The van der Waals surface area contributed by atoms with Crippen LogP contribution >= 0.6 is 15.9 Å². The molecule has 7 nitrogen and oxygen atoms in total. The third kappa shape index (κ3) is 2.64. The lowest BCUT2D eigenvalue weighted by Crippen LogP contribution is -2.34. The van der Waals surface area contributed by atoms with Gasteiger partial charge in [0.15, 0.2) is 0 Å². The largest absolute Gasteiger partial charge is 0.372 e. The maximum atomic E-state index is 12.0. The highest BCUT2D eigenvalue weighted by molar-refractivity contribution is 9.10. The monoisotopic (exact) mass is 341 g/mol. The van der Waals surface area contributed by atoms with Gasteiger partial charge < -0.3 is 5.32 Å². The molecule has 0 aliphatic carbocycles. The molecule has 1 saturated heterocycles. The van der Waals surface area contributed by atoms with Crippen LogP contribution in [0.15, 0.2) is 22.7 Å². The smallest absolute Gasteiger partial charge is 0.270 e. The van der Waals surface area contributed by atoms with Crippen LogP contribution in [0.4, 0.5) is 11.4 Å². The number of carbonyl (C=O) groups excluding carboxylic acids is 2. The number of amides is 2. The Bertz CT molecular complexity index is 590. The van der Waals surface area contributed by atoms with E-state index < -0.39 is 11.0 Å². The molecule has 1 aromatic rings. The van der Waals surface area contributed by atoms with Crippen LogP contribution < -0.4 is 5.32 Å². The van der Waals surface area contributed by atoms with E-state index >= 15 is 0 Å². The van der Waals surface area contributed by atoms with Gasteiger partial charge in [0, 0.05) is 28.8 Å². The van der Waals surface area contributed by atoms with E-state index in [-0.39, 0.29) is 23.9 Å². The highest BCUT2D eigenvalue weighted by Crippen LogP contribution is 2.29. The molecule has 0 spiro atoms. The molecule has 20 heavy (non-hydrogen) atoms. The number of nitrogens with zero attached hydrogens (tertiary/aromatic N) is 2. The van der Waals surface area contributed by atoms with Gasteiger partial charge in [0.2, 0.25) is 5.91 Å². The second-order valence-corrected chi connectivity index (χ2v) is 5.15. The summed E-state index contributed by atoms with van der Waals surface area (Å²) < 4.78 is 0.474. The highest BCUT2D eigenvalue weighted by atomic mass is 79.9. The lowest BCUT2D eigenvalue weighted by Gasteiger charge is -2.15. The molecule has 0 bridgehead atoms. The summed E-state index contributed by atoms with van der Waals surface area (Å²) in [5.74, 6) is -0.490. The van der Waals surface area contributed by atoms with Crippen molar-refractivity contribution >= 4 is 39.1 Å². The van der Waals surface area contributed by atoms with Gasteiger partial charge in [-0.3, -0.25) is 24.6 Å². The molecule has 1 heterocycles. The number of nitro groups is 1. The fourth-order valence-corrected chi connectivity index (χ4v) is 2.53. The van der Waals surface area contributed by atoms with Crippen molar-refractivity contribution in [2.24, 2.45) is 0 Å². The van der Waals surface area contributed by atoms with E-state index in [0.717, 1.165) is 0 Å². The van der Waals surface area contributed by atoms with Crippen LogP contribution in [-0.4, -0.2) is 34.2 Å². The van der Waals surface area contributed by atoms with E-state index in [1.54, 1.807) is 6.92 Å². The number of nitrogens with one attached hydrogen (secondary N) is 1. The van der Waals surface area contributed by atoms with Crippen molar-refractivity contribution in [1.82, 2.24) is 4.90 Å². The molecule has 0 aromatic heterocycles. The Morgan fingerprint density at radius 1 is 1.50 bits per heavy atom. The quantitative estimate of drug-likeness (QED) is 0.513. The van der Waals surface area contributed by atoms with Gasteiger partial charge in [-0.15, -0.1) is 0 Å². The van der Waals surface area contributed by atoms with Gasteiger partial charge in [0.1, 0.15) is 6.04 Å². The molecule has 0 saturated carbocycles. The van der Waals surface area contributed by atoms with Crippen molar-refractivity contribution in [3.63, 3.8) is 0 Å². The zero-order chi connectivity index (χ0) is 14.9. The maximum Gasteiger partial charge on any atom is 0.270 e. The van der Waals surface area contributed by atoms with E-state index in [4.69, 9.17) is 0 Å². The normalized spacial score (nSPS) is 18.5. The van der Waals surface area contributed by atoms with Crippen molar-refractivity contribution in [2.75, 3.05) is 11.9 Å². The number of imide groups is 1. The summed E-state index contributed by atoms with van der Waals surface area (Å²) in [6.07, 6.45) is 0.0934. The summed E-state index contributed by atoms with van der Waals surface area (Å²) in [4.78, 5) is 34.9. The molecular formula is C12H12BrN3O4. The Hall–Kier alpha value is -1.96. The molecule has 0 radical (unpaired) electrons. The molecule has 106 valence electrons. The number of likely N-dealkylation sites (N-methyl/N-ethyl adjacent to an activating group) is 1. The number of likely N-dealkylation sites (tertiary alicyclic amines) is 1. The third-order valence-electron chi connectivity index (χ3n) is 3.05. The van der Waals surface area contributed by atoms with E-state index in [2.05, 4.69) is 21.2 Å². The molecule has 1 fully saturated rings. The lowest BCUT2D eigenvalue weighted by molar-refractivity contribution is -0.384. The van der Waals surface area contributed by atoms with Gasteiger partial charge in [0.05, 0.1) is 11.3 Å². The van der Waals surface area contributed by atoms with Crippen LogP contribution in [0.25, 0.3) is 0 Å². The van der Waals surface area contributed by atoms with Crippen LogP contribution in [0, 0.1) is 10.1 Å². The van der Waals surface area contributed by atoms with Crippen molar-refractivity contribution in [1.29, 1.82) is 0 Å². The van der Waals surface area contributed by atoms with Crippen LogP contribution in [0.3, 0.4) is 0 Å². The standard InChI is InChI=1S/C12H12BrN3O4/c1-2-15-11(17)6-10(12(15)18)14-9-4-3-7(16(19)20)5-8(9)13/h3-5,10,14H,2,6H2,1H3. The lowest BCUT2D eigenvalue weighted by atomic mass is 10.2. The first kappa shape index (κ1) is 14.4. The summed E-state index contributed by atoms with van der Waals surface area (Å²) in [5, 5.41) is 13.6. The van der Waals surface area contributed by atoms with Gasteiger partial charge in [-0.25, -0.2) is 0 Å². The Morgan fingerprint density at radius 2 is 2.20 bits per heavy atom. The predicted octanol–water partition coefficient (Wildman–Crippen LogP) is 1.92. The molecule has 1 aromatic carbocycles. The summed E-state index contributed by atoms with van der Waals surface area (Å²) in [5.41, 5.74) is 0.492. The number of benzene rings is 1. The van der Waals surface area contributed by atoms with Crippen molar-refractivity contribution in [3.05, 3.63) is 32.8 Å². The first-order chi connectivity index (χ1) is 9.43. The number of halogens is 1. The Labute approximate surface area is 123 Å². The topological polar surface area (TPSA) is 92.6 Å². The van der Waals surface area contributed by atoms with Crippen LogP contribution in [-0.2, 0) is 9.59 Å². The van der Waals surface area contributed by atoms with Crippen molar-refractivity contribution in [2.45, 2.75) is 19.4 Å². The Kier molecular flexibility index (Phi) is 4.03. The van der Waals surface area contributed by atoms with E-state index in [9.17, 15) is 19.7 Å². The average molecular weight is 342 g/mol. The average Bonchev–Trinajstić information content (AvgIpc) is 2.66. The summed E-state index contributed by atoms with van der Waals surface area (Å²) >= 11 is 3.21. The van der Waals surface area contributed by atoms with Gasteiger partial charge in [-0.1, -0.05) is 0 Å². The number of hydrogen-bond acceptors (Lipinski definition) is 5. The van der Waals surface area contributed by atoms with Gasteiger partial charge in [0.25, 0.3) is 11.6 Å². The second kappa shape index (κ2) is 5.58. The molecule has 1 aliphatic rings. The third-order valence-corrected chi connectivity index (χ3v) is 3.71. The molecular weight excluding hydrogens is 330 g/mol. The SMILES string of the molecule is CCN1C(=O)CC(Nc2ccc([N+](=O)[O-])cc2Br)C1=O. The van der Waals surface area contributed by atoms with Crippen LogP contribution in [0.5, 0.6) is 0 Å². The maximum absolute atomic E-state index is 12.0. The Morgan fingerprint density at radius 3 is 2.70 bits per heavy atom.